The molecule has 0 fully saturated rings. The fraction of sp³-hybridized carbons (Fsp3) is 0. The number of nitrogens with zero attached hydrogens (tertiary/aromatic N) is 6. The van der Waals surface area contributed by atoms with Crippen LogP contribution in [0.5, 0.6) is 0 Å². The lowest BCUT2D eigenvalue weighted by Crippen LogP contribution is -2.02. The molecule has 42 heavy (non-hydrogen) atoms. The molecule has 9 aromatic rings. The maximum atomic E-state index is 4.90. The predicted octanol–water partition coefficient (Wildman–Crippen LogP) is 8.28. The molecule has 0 aliphatic carbocycles. The molecular weight excluding hydrogens is 516 g/mol. The number of hydrogen-bond donors (Lipinski definition) is 0. The Bertz CT molecular complexity index is 2460. The van der Waals surface area contributed by atoms with E-state index in [0.717, 1.165) is 77.3 Å². The zero-order valence-electron chi connectivity index (χ0n) is 22.4. The van der Waals surface area contributed by atoms with Gasteiger partial charge in [0.05, 0.1) is 33.3 Å². The van der Waals surface area contributed by atoms with E-state index in [2.05, 4.69) is 116 Å². The normalized spacial score (nSPS) is 11.8. The maximum Gasteiger partial charge on any atom is 0.141 e. The van der Waals surface area contributed by atoms with Crippen LogP contribution in [0.2, 0.25) is 0 Å². The number of para-hydroxylation sites is 3. The van der Waals surface area contributed by atoms with Crippen molar-refractivity contribution in [3.8, 4) is 22.8 Å². The van der Waals surface area contributed by atoms with Crippen LogP contribution in [0.4, 0.5) is 0 Å². The standard InChI is InChI=1S/C36H22N6/c1-3-11-23(12-4-1)28-19-31(39-22-38-28)42-30-18-10-7-15-25(30)32-27-20-37-21-40-34(27)33-26-16-8-9-17-29(26)41(36(33)35(32)42)24-13-5-2-6-14-24/h1-22H. The Labute approximate surface area is 240 Å². The smallest absolute Gasteiger partial charge is 0.141 e. The van der Waals surface area contributed by atoms with Gasteiger partial charge in [0.1, 0.15) is 18.5 Å². The third-order valence-corrected chi connectivity index (χ3v) is 8.16. The molecule has 0 atom stereocenters. The topological polar surface area (TPSA) is 61.4 Å². The van der Waals surface area contributed by atoms with Gasteiger partial charge in [-0.1, -0.05) is 84.9 Å². The highest BCUT2D eigenvalue weighted by molar-refractivity contribution is 6.35. The average Bonchev–Trinajstić information content (AvgIpc) is 3.60. The summed E-state index contributed by atoms with van der Waals surface area (Å²) in [6.07, 6.45) is 5.26. The Morgan fingerprint density at radius 3 is 1.93 bits per heavy atom. The highest BCUT2D eigenvalue weighted by Crippen LogP contribution is 2.45. The molecular formula is C36H22N6. The Morgan fingerprint density at radius 1 is 0.500 bits per heavy atom. The minimum Gasteiger partial charge on any atom is -0.307 e. The lowest BCUT2D eigenvalue weighted by Gasteiger charge is -2.13. The van der Waals surface area contributed by atoms with Crippen LogP contribution in [-0.2, 0) is 0 Å². The summed E-state index contributed by atoms with van der Waals surface area (Å²) in [5, 5.41) is 5.49. The van der Waals surface area contributed by atoms with Crippen LogP contribution in [0.15, 0.2) is 134 Å². The Hall–Kier alpha value is -5.88. The van der Waals surface area contributed by atoms with Gasteiger partial charge in [-0.25, -0.2) is 19.9 Å². The number of benzene rings is 5. The van der Waals surface area contributed by atoms with Crippen LogP contribution in [0.3, 0.4) is 0 Å². The first-order chi connectivity index (χ1) is 20.9. The van der Waals surface area contributed by atoms with E-state index in [0.29, 0.717) is 0 Å². The first-order valence-electron chi connectivity index (χ1n) is 13.9. The minimum absolute atomic E-state index is 0.803. The molecule has 196 valence electrons. The minimum atomic E-state index is 0.803. The molecule has 6 nitrogen and oxygen atoms in total. The zero-order chi connectivity index (χ0) is 27.6. The van der Waals surface area contributed by atoms with Gasteiger partial charge in [-0.3, -0.25) is 4.57 Å². The molecule has 9 rings (SSSR count). The third kappa shape index (κ3) is 3.14. The predicted molar refractivity (Wildman–Crippen MR) is 169 cm³/mol. The van der Waals surface area contributed by atoms with Gasteiger partial charge in [0.15, 0.2) is 0 Å². The lowest BCUT2D eigenvalue weighted by atomic mass is 10.0. The molecule has 0 aliphatic heterocycles. The molecule has 0 saturated carbocycles. The molecule has 0 spiro atoms. The van der Waals surface area contributed by atoms with Gasteiger partial charge in [0.2, 0.25) is 0 Å². The van der Waals surface area contributed by atoms with Crippen LogP contribution < -0.4 is 0 Å². The second-order valence-corrected chi connectivity index (χ2v) is 10.4. The van der Waals surface area contributed by atoms with Gasteiger partial charge in [-0.15, -0.1) is 0 Å². The average molecular weight is 539 g/mol. The molecule has 6 heteroatoms. The third-order valence-electron chi connectivity index (χ3n) is 8.16. The van der Waals surface area contributed by atoms with E-state index in [1.54, 1.807) is 12.7 Å². The second kappa shape index (κ2) is 8.81. The summed E-state index contributed by atoms with van der Waals surface area (Å²) in [4.78, 5) is 18.9. The van der Waals surface area contributed by atoms with Crippen LogP contribution >= 0.6 is 0 Å². The highest BCUT2D eigenvalue weighted by Gasteiger charge is 2.25. The largest absolute Gasteiger partial charge is 0.307 e. The van der Waals surface area contributed by atoms with Gasteiger partial charge in [-0.2, -0.15) is 0 Å². The molecule has 0 unspecified atom stereocenters. The van der Waals surface area contributed by atoms with Crippen LogP contribution in [0, 0.1) is 0 Å². The summed E-state index contributed by atoms with van der Waals surface area (Å²) in [6, 6.07) is 40.0. The van der Waals surface area contributed by atoms with Gasteiger partial charge in [0.25, 0.3) is 0 Å². The van der Waals surface area contributed by atoms with Crippen LogP contribution in [-0.4, -0.2) is 29.1 Å². The summed E-state index contributed by atoms with van der Waals surface area (Å²) in [7, 11) is 0. The fourth-order valence-electron chi connectivity index (χ4n) is 6.47. The molecule has 0 radical (unpaired) electrons. The van der Waals surface area contributed by atoms with Crippen LogP contribution in [0.1, 0.15) is 0 Å². The monoisotopic (exact) mass is 538 g/mol. The lowest BCUT2D eigenvalue weighted by molar-refractivity contribution is 1.04. The Morgan fingerprint density at radius 2 is 1.14 bits per heavy atom. The van der Waals surface area contributed by atoms with Crippen molar-refractivity contribution in [3.63, 3.8) is 0 Å². The van der Waals surface area contributed by atoms with E-state index in [9.17, 15) is 0 Å². The van der Waals surface area contributed by atoms with E-state index in [1.807, 2.05) is 24.4 Å². The number of aromatic nitrogens is 6. The molecule has 0 bridgehead atoms. The molecule has 0 saturated heterocycles. The van der Waals surface area contributed by atoms with Gasteiger partial charge in [-0.05, 0) is 24.3 Å². The summed E-state index contributed by atoms with van der Waals surface area (Å²) < 4.78 is 4.65. The van der Waals surface area contributed by atoms with E-state index >= 15 is 0 Å². The summed E-state index contributed by atoms with van der Waals surface area (Å²) in [5.41, 5.74) is 8.27. The summed E-state index contributed by atoms with van der Waals surface area (Å²) in [6.45, 7) is 0. The highest BCUT2D eigenvalue weighted by atomic mass is 15.1. The van der Waals surface area contributed by atoms with Crippen molar-refractivity contribution in [2.24, 2.45) is 0 Å². The van der Waals surface area contributed by atoms with Gasteiger partial charge < -0.3 is 4.57 Å². The van der Waals surface area contributed by atoms with Crippen molar-refractivity contribution in [1.82, 2.24) is 29.1 Å². The van der Waals surface area contributed by atoms with Gasteiger partial charge in [0, 0.05) is 50.4 Å². The maximum absolute atomic E-state index is 4.90. The van der Waals surface area contributed by atoms with E-state index in [4.69, 9.17) is 9.97 Å². The second-order valence-electron chi connectivity index (χ2n) is 10.4. The Balaban J connectivity index is 1.57. The molecule has 0 aliphatic rings. The number of rotatable bonds is 3. The van der Waals surface area contributed by atoms with Crippen LogP contribution in [0.25, 0.3) is 77.3 Å². The summed E-state index contributed by atoms with van der Waals surface area (Å²) in [5.74, 6) is 0.803. The molecule has 0 N–H and O–H groups in total. The SMILES string of the molecule is c1ccc(-c2cc(-n3c4ccccc4c4c5cncnc5c5c6ccccc6n(-c6ccccc6)c5c43)ncn2)cc1. The van der Waals surface area contributed by atoms with Crippen molar-refractivity contribution >= 4 is 54.5 Å². The first kappa shape index (κ1) is 22.9. The number of fused-ring (bicyclic) bond motifs is 10. The molecule has 0 amide bonds. The van der Waals surface area contributed by atoms with E-state index < -0.39 is 0 Å². The molecule has 4 heterocycles. The fourth-order valence-corrected chi connectivity index (χ4v) is 6.47. The number of hydrogen-bond acceptors (Lipinski definition) is 4. The van der Waals surface area contributed by atoms with Crippen molar-refractivity contribution in [1.29, 1.82) is 0 Å². The molecule has 4 aromatic heterocycles. The first-order valence-corrected chi connectivity index (χ1v) is 13.9. The Kier molecular flexibility index (Phi) is 4.80. The van der Waals surface area contributed by atoms with E-state index in [1.165, 1.54) is 0 Å². The quantitative estimate of drug-likeness (QED) is 0.227. The van der Waals surface area contributed by atoms with Crippen molar-refractivity contribution in [3.05, 3.63) is 134 Å². The zero-order valence-corrected chi connectivity index (χ0v) is 22.4. The van der Waals surface area contributed by atoms with E-state index in [-0.39, 0.29) is 0 Å². The van der Waals surface area contributed by atoms with Crippen molar-refractivity contribution in [2.45, 2.75) is 0 Å². The molecule has 5 aromatic carbocycles. The summed E-state index contributed by atoms with van der Waals surface area (Å²) >= 11 is 0. The van der Waals surface area contributed by atoms with Crippen molar-refractivity contribution in [2.75, 3.05) is 0 Å². The van der Waals surface area contributed by atoms with Crippen molar-refractivity contribution < 1.29 is 0 Å². The van der Waals surface area contributed by atoms with Gasteiger partial charge >= 0.3 is 0 Å².